The number of likely N-dealkylation sites (tertiary alicyclic amines) is 1. The fourth-order valence-corrected chi connectivity index (χ4v) is 5.40. The van der Waals surface area contributed by atoms with Gasteiger partial charge in [-0.3, -0.25) is 14.5 Å². The number of fused-ring (bicyclic) bond motifs is 3. The predicted molar refractivity (Wildman–Crippen MR) is 110 cm³/mol. The molecule has 0 aromatic heterocycles. The van der Waals surface area contributed by atoms with Crippen LogP contribution in [0.1, 0.15) is 45.6 Å². The van der Waals surface area contributed by atoms with E-state index in [4.69, 9.17) is 4.84 Å². The van der Waals surface area contributed by atoms with Crippen LogP contribution in [0.15, 0.2) is 35.5 Å². The maximum Gasteiger partial charge on any atom is 0.233 e. The number of hydrogen-bond acceptors (Lipinski definition) is 6. The fourth-order valence-electron chi connectivity index (χ4n) is 5.40. The highest BCUT2D eigenvalue weighted by Gasteiger charge is 2.61. The van der Waals surface area contributed by atoms with E-state index in [1.807, 2.05) is 51.1 Å². The molecule has 162 valence electrons. The largest absolute Gasteiger partial charge is 0.391 e. The summed E-state index contributed by atoms with van der Waals surface area (Å²) in [7, 11) is 0. The van der Waals surface area contributed by atoms with Gasteiger partial charge in [0.2, 0.25) is 11.8 Å². The van der Waals surface area contributed by atoms with Gasteiger partial charge in [0.1, 0.15) is 6.61 Å². The highest BCUT2D eigenvalue weighted by atomic mass is 16.6. The Morgan fingerprint density at radius 1 is 1.07 bits per heavy atom. The number of benzene rings is 1. The third-order valence-corrected chi connectivity index (χ3v) is 6.71. The molecule has 3 fully saturated rings. The van der Waals surface area contributed by atoms with Gasteiger partial charge in [0.15, 0.2) is 0 Å². The van der Waals surface area contributed by atoms with Gasteiger partial charge >= 0.3 is 0 Å². The van der Waals surface area contributed by atoms with Crippen LogP contribution >= 0.6 is 0 Å². The Hall–Kier alpha value is -2.25. The Balaban J connectivity index is 1.59. The van der Waals surface area contributed by atoms with Crippen LogP contribution in [0, 0.1) is 23.7 Å². The second-order valence-corrected chi connectivity index (χ2v) is 9.68. The van der Waals surface area contributed by atoms with Gasteiger partial charge in [-0.1, -0.05) is 35.5 Å². The number of carbonyl (C=O) groups is 2. The van der Waals surface area contributed by atoms with Crippen molar-refractivity contribution in [1.82, 2.24) is 4.90 Å². The van der Waals surface area contributed by atoms with Crippen molar-refractivity contribution in [1.29, 1.82) is 0 Å². The number of carbonyl (C=O) groups excluding carboxylic acids is 2. The van der Waals surface area contributed by atoms with E-state index in [1.165, 1.54) is 4.90 Å². The Morgan fingerprint density at radius 2 is 1.73 bits per heavy atom. The highest BCUT2D eigenvalue weighted by Crippen LogP contribution is 2.50. The molecule has 0 bridgehead atoms. The van der Waals surface area contributed by atoms with Crippen molar-refractivity contribution in [3.8, 4) is 0 Å². The zero-order valence-electron chi connectivity index (χ0n) is 17.7. The molecule has 2 aliphatic carbocycles. The Kier molecular flexibility index (Phi) is 5.45. The molecule has 4 rings (SSSR count). The van der Waals surface area contributed by atoms with Gasteiger partial charge in [0, 0.05) is 23.8 Å². The SMILES string of the molecule is CC(C)(C)N1C(=O)[C@H]2[C@H]3[C@H](O)[C@H](O)C/C(=N/OCc4ccccc4)[C@@H]3CC[C@@H]2C1=O. The zero-order chi connectivity index (χ0) is 21.6. The molecule has 2 amide bonds. The van der Waals surface area contributed by atoms with Crippen molar-refractivity contribution in [2.45, 2.75) is 64.4 Å². The molecule has 2 N–H and O–H groups in total. The van der Waals surface area contributed by atoms with E-state index in [-0.39, 0.29) is 24.2 Å². The van der Waals surface area contributed by atoms with Gasteiger partial charge in [0.25, 0.3) is 0 Å². The second-order valence-electron chi connectivity index (χ2n) is 9.68. The molecule has 2 saturated carbocycles. The number of amides is 2. The summed E-state index contributed by atoms with van der Waals surface area (Å²) in [5.74, 6) is -2.19. The highest BCUT2D eigenvalue weighted by molar-refractivity contribution is 6.06. The van der Waals surface area contributed by atoms with E-state index in [0.29, 0.717) is 25.2 Å². The number of hydrogen-bond donors (Lipinski definition) is 2. The quantitative estimate of drug-likeness (QED) is 0.583. The molecule has 1 aliphatic heterocycles. The molecule has 1 aromatic rings. The third-order valence-electron chi connectivity index (χ3n) is 6.71. The van der Waals surface area contributed by atoms with Crippen LogP contribution in [0.4, 0.5) is 0 Å². The van der Waals surface area contributed by atoms with Crippen molar-refractivity contribution in [2.24, 2.45) is 28.8 Å². The lowest BCUT2D eigenvalue weighted by Gasteiger charge is -2.45. The first kappa shape index (κ1) is 21.0. The van der Waals surface area contributed by atoms with Gasteiger partial charge < -0.3 is 15.1 Å². The molecule has 1 aromatic carbocycles. The van der Waals surface area contributed by atoms with Crippen LogP contribution in [0.5, 0.6) is 0 Å². The number of rotatable bonds is 3. The van der Waals surface area contributed by atoms with Gasteiger partial charge in [-0.25, -0.2) is 0 Å². The molecule has 3 aliphatic rings. The Bertz CT molecular complexity index is 847. The molecule has 7 nitrogen and oxygen atoms in total. The van der Waals surface area contributed by atoms with Crippen LogP contribution in [0.25, 0.3) is 0 Å². The van der Waals surface area contributed by atoms with Crippen molar-refractivity contribution in [3.63, 3.8) is 0 Å². The lowest BCUT2D eigenvalue weighted by atomic mass is 9.60. The Labute approximate surface area is 176 Å². The van der Waals surface area contributed by atoms with Gasteiger partial charge in [0.05, 0.1) is 29.8 Å². The van der Waals surface area contributed by atoms with E-state index >= 15 is 0 Å². The molecular formula is C23H30N2O5. The van der Waals surface area contributed by atoms with Crippen molar-refractivity contribution < 1.29 is 24.6 Å². The van der Waals surface area contributed by atoms with Crippen LogP contribution in [-0.2, 0) is 21.0 Å². The summed E-state index contributed by atoms with van der Waals surface area (Å²) in [5, 5.41) is 25.6. The molecule has 0 unspecified atom stereocenters. The van der Waals surface area contributed by atoms with E-state index in [9.17, 15) is 19.8 Å². The van der Waals surface area contributed by atoms with Gasteiger partial charge in [-0.2, -0.15) is 0 Å². The molecule has 7 heteroatoms. The second kappa shape index (κ2) is 7.78. The smallest absolute Gasteiger partial charge is 0.233 e. The maximum absolute atomic E-state index is 13.3. The summed E-state index contributed by atoms with van der Waals surface area (Å²) in [6.07, 6.45) is -0.674. The summed E-state index contributed by atoms with van der Waals surface area (Å²) in [5.41, 5.74) is 1.03. The molecule has 1 saturated heterocycles. The summed E-state index contributed by atoms with van der Waals surface area (Å²) in [6.45, 7) is 5.83. The number of oxime groups is 1. The van der Waals surface area contributed by atoms with Gasteiger partial charge in [-0.05, 0) is 39.2 Å². The maximum atomic E-state index is 13.3. The zero-order valence-corrected chi connectivity index (χ0v) is 17.7. The van der Waals surface area contributed by atoms with Crippen molar-refractivity contribution in [3.05, 3.63) is 35.9 Å². The number of imide groups is 1. The van der Waals surface area contributed by atoms with Crippen LogP contribution in [0.3, 0.4) is 0 Å². The van der Waals surface area contributed by atoms with E-state index < -0.39 is 35.5 Å². The molecule has 1 heterocycles. The van der Waals surface area contributed by atoms with Crippen LogP contribution in [0.2, 0.25) is 0 Å². The average molecular weight is 415 g/mol. The summed E-state index contributed by atoms with van der Waals surface area (Å²) in [6, 6.07) is 9.66. The molecule has 0 radical (unpaired) electrons. The van der Waals surface area contributed by atoms with Gasteiger partial charge in [-0.15, -0.1) is 0 Å². The Morgan fingerprint density at radius 3 is 2.40 bits per heavy atom. The number of nitrogens with zero attached hydrogens (tertiary/aromatic N) is 2. The average Bonchev–Trinajstić information content (AvgIpc) is 2.96. The fraction of sp³-hybridized carbons (Fsp3) is 0.609. The van der Waals surface area contributed by atoms with Crippen molar-refractivity contribution >= 4 is 17.5 Å². The normalized spacial score (nSPS) is 35.4. The summed E-state index contributed by atoms with van der Waals surface area (Å²) < 4.78 is 0. The molecular weight excluding hydrogens is 384 g/mol. The monoisotopic (exact) mass is 414 g/mol. The molecule has 0 spiro atoms. The standard InChI is InChI=1S/C23H30N2O5/c1-23(2,3)25-21(28)15-10-9-14-16(24-30-12-13-7-5-4-6-8-13)11-17(26)20(27)18(14)19(15)22(25)29/h4-8,14-15,17-20,26-27H,9-12H2,1-3H3/b24-16-/t14-,15-,17+,18-,19+,20+/m0/s1. The van der Waals surface area contributed by atoms with Crippen molar-refractivity contribution in [2.75, 3.05) is 0 Å². The first-order chi connectivity index (χ1) is 14.2. The minimum absolute atomic E-state index is 0.165. The number of aliphatic hydroxyl groups is 2. The minimum atomic E-state index is -1.06. The first-order valence-electron chi connectivity index (χ1n) is 10.7. The van der Waals surface area contributed by atoms with E-state index in [2.05, 4.69) is 5.16 Å². The third kappa shape index (κ3) is 3.54. The predicted octanol–water partition coefficient (Wildman–Crippen LogP) is 2.11. The first-order valence-corrected chi connectivity index (χ1v) is 10.7. The lowest BCUT2D eigenvalue weighted by molar-refractivity contribution is -0.146. The lowest BCUT2D eigenvalue weighted by Crippen LogP contribution is -2.55. The topological polar surface area (TPSA) is 99.4 Å². The number of aliphatic hydroxyl groups excluding tert-OH is 2. The van der Waals surface area contributed by atoms with E-state index in [0.717, 1.165) is 5.56 Å². The van der Waals surface area contributed by atoms with E-state index in [1.54, 1.807) is 0 Å². The summed E-state index contributed by atoms with van der Waals surface area (Å²) >= 11 is 0. The molecule has 30 heavy (non-hydrogen) atoms. The molecule has 6 atom stereocenters. The van der Waals surface area contributed by atoms with Crippen LogP contribution < -0.4 is 0 Å². The minimum Gasteiger partial charge on any atom is -0.391 e. The summed E-state index contributed by atoms with van der Waals surface area (Å²) in [4.78, 5) is 33.1. The van der Waals surface area contributed by atoms with Crippen LogP contribution in [-0.4, -0.2) is 50.4 Å².